The number of carboxylic acids is 1. The van der Waals surface area contributed by atoms with Gasteiger partial charge in [-0.3, -0.25) is 0 Å². The van der Waals surface area contributed by atoms with Gasteiger partial charge in [0, 0.05) is 0 Å². The van der Waals surface area contributed by atoms with Crippen molar-refractivity contribution in [2.45, 2.75) is 105 Å². The molecule has 0 aliphatic carbocycles. The van der Waals surface area contributed by atoms with Crippen molar-refractivity contribution in [3.05, 3.63) is 0 Å². The lowest BCUT2D eigenvalue weighted by Crippen LogP contribution is -2.69. The minimum atomic E-state index is -1.56. The number of aliphatic hydroxyl groups excluding tert-OH is 9. The largest absolute Gasteiger partial charge is 0.479 e. The lowest BCUT2D eigenvalue weighted by Gasteiger charge is -2.48. The molecule has 3 aliphatic heterocycles. The first kappa shape index (κ1) is 35.0. The van der Waals surface area contributed by atoms with Gasteiger partial charge in [-0.15, -0.1) is 0 Å². The number of aliphatic hydroxyl groups is 9. The molecule has 0 aromatic carbocycles. The highest BCUT2D eigenvalue weighted by Crippen LogP contribution is 2.31. The number of rotatable bonds is 8. The maximum atomic E-state index is 10.8. The van der Waals surface area contributed by atoms with Crippen LogP contribution in [0.3, 0.4) is 0 Å². The van der Waals surface area contributed by atoms with Crippen LogP contribution in [-0.4, -0.2) is 175 Å². The Bertz CT molecular complexity index is 778. The van der Waals surface area contributed by atoms with Crippen molar-refractivity contribution in [2.75, 3.05) is 19.8 Å². The number of hydrogen-bond donors (Lipinski definition) is 13. The number of carbonyl (C=O) groups is 1. The van der Waals surface area contributed by atoms with Gasteiger partial charge in [-0.25, -0.2) is 4.79 Å². The SMILES string of the molecule is CC(O)C(=O)O.N[C@@H]1[C@@H](O)[C@H](O[C@@H]2O[C@H](CO)[C@@H](O[C@@H]3O[C@H](CO)[C@@H](O)[C@H](O)[C@H]3N)[C@H](O)[C@H]2N)[C@@H](CO)O[C@H]1O. The van der Waals surface area contributed by atoms with Gasteiger partial charge < -0.3 is 92.0 Å². The zero-order chi connectivity index (χ0) is 30.5. The molecule has 0 spiro atoms. The highest BCUT2D eigenvalue weighted by molar-refractivity contribution is 5.71. The topological polar surface area (TPSA) is 344 Å². The summed E-state index contributed by atoms with van der Waals surface area (Å²) in [6, 6.07) is -3.87. The van der Waals surface area contributed by atoms with Crippen LogP contribution >= 0.6 is 0 Å². The van der Waals surface area contributed by atoms with Gasteiger partial charge >= 0.3 is 5.97 Å². The first-order chi connectivity index (χ1) is 18.7. The third-order valence-electron chi connectivity index (χ3n) is 6.69. The quantitative estimate of drug-likeness (QED) is 0.124. The highest BCUT2D eigenvalue weighted by atomic mass is 16.7. The van der Waals surface area contributed by atoms with Crippen LogP contribution < -0.4 is 17.2 Å². The first-order valence-electron chi connectivity index (χ1n) is 12.4. The molecular weight excluding hydrogens is 550 g/mol. The molecule has 3 saturated heterocycles. The van der Waals surface area contributed by atoms with Crippen LogP contribution in [-0.2, 0) is 28.5 Å². The maximum Gasteiger partial charge on any atom is 0.332 e. The van der Waals surface area contributed by atoms with Crippen molar-refractivity contribution in [3.8, 4) is 0 Å². The molecule has 0 aromatic heterocycles. The lowest BCUT2D eigenvalue weighted by molar-refractivity contribution is -0.348. The predicted molar refractivity (Wildman–Crippen MR) is 126 cm³/mol. The summed E-state index contributed by atoms with van der Waals surface area (Å²) in [6.07, 6.45) is -18.0. The van der Waals surface area contributed by atoms with Gasteiger partial charge in [0.2, 0.25) is 0 Å². The van der Waals surface area contributed by atoms with Crippen molar-refractivity contribution >= 4 is 5.97 Å². The standard InChI is InChI=1S/C18H35N3O13.C3H6O3/c19-7-12(27)14(5(2-23)30-16(7)29)33-18-9(21)13(28)15(6(3-24)32-18)34-17-8(20)11(26)10(25)4(1-22)31-17;1-2(4)3(5)6/h4-18,22-29H,1-3,19-21H2;2,4H,1H3,(H,5,6)/t4-,5-,6-,7-,8-,9-,10-,11-,12-,13-,14-,15-,16-,17+,18+;/m1./s1. The molecule has 3 rings (SSSR count). The van der Waals surface area contributed by atoms with E-state index in [1.807, 2.05) is 0 Å². The molecule has 19 nitrogen and oxygen atoms in total. The van der Waals surface area contributed by atoms with E-state index in [9.17, 15) is 45.6 Å². The second-order valence-electron chi connectivity index (χ2n) is 9.61. The van der Waals surface area contributed by atoms with Crippen molar-refractivity contribution in [2.24, 2.45) is 17.2 Å². The third kappa shape index (κ3) is 7.99. The molecule has 0 saturated carbocycles. The number of nitrogens with two attached hydrogens (primary N) is 3. The molecule has 40 heavy (non-hydrogen) atoms. The molecule has 3 aliphatic rings. The van der Waals surface area contributed by atoms with E-state index in [1.165, 1.54) is 6.92 Å². The Hall–Kier alpha value is -1.21. The molecule has 3 fully saturated rings. The Labute approximate surface area is 228 Å². The highest BCUT2D eigenvalue weighted by Gasteiger charge is 2.52. The van der Waals surface area contributed by atoms with Crippen LogP contribution in [0.1, 0.15) is 6.92 Å². The van der Waals surface area contributed by atoms with Crippen LogP contribution in [0, 0.1) is 0 Å². The van der Waals surface area contributed by atoms with E-state index in [-0.39, 0.29) is 0 Å². The summed E-state index contributed by atoms with van der Waals surface area (Å²) in [5.41, 5.74) is 17.6. The summed E-state index contributed by atoms with van der Waals surface area (Å²) in [7, 11) is 0. The number of hydrogen-bond acceptors (Lipinski definition) is 18. The molecule has 0 aromatic rings. The molecule has 19 heteroatoms. The van der Waals surface area contributed by atoms with E-state index in [0.29, 0.717) is 0 Å². The van der Waals surface area contributed by atoms with E-state index in [0.717, 1.165) is 0 Å². The molecule has 0 bridgehead atoms. The zero-order valence-electron chi connectivity index (χ0n) is 21.5. The maximum absolute atomic E-state index is 10.8. The van der Waals surface area contributed by atoms with Gasteiger partial charge in [-0.2, -0.15) is 0 Å². The van der Waals surface area contributed by atoms with E-state index in [2.05, 4.69) is 0 Å². The Kier molecular flexibility index (Phi) is 13.4. The van der Waals surface area contributed by atoms with Crippen LogP contribution in [0.2, 0.25) is 0 Å². The molecule has 236 valence electrons. The monoisotopic (exact) mass is 591 g/mol. The summed E-state index contributed by atoms with van der Waals surface area (Å²) in [5, 5.41) is 95.4. The van der Waals surface area contributed by atoms with Crippen LogP contribution in [0.15, 0.2) is 0 Å². The van der Waals surface area contributed by atoms with Crippen molar-refractivity contribution in [1.82, 2.24) is 0 Å². The Balaban J connectivity index is 0.000000840. The van der Waals surface area contributed by atoms with Crippen molar-refractivity contribution in [3.63, 3.8) is 0 Å². The summed E-state index contributed by atoms with van der Waals surface area (Å²) in [6.45, 7) is -0.803. The molecule has 16 atom stereocenters. The van der Waals surface area contributed by atoms with Gasteiger partial charge in [0.25, 0.3) is 0 Å². The third-order valence-corrected chi connectivity index (χ3v) is 6.69. The molecular formula is C21H41N3O16. The Morgan fingerprint density at radius 2 is 1.07 bits per heavy atom. The van der Waals surface area contributed by atoms with Crippen LogP contribution in [0.5, 0.6) is 0 Å². The molecule has 0 radical (unpaired) electrons. The van der Waals surface area contributed by atoms with E-state index >= 15 is 0 Å². The minimum Gasteiger partial charge on any atom is -0.479 e. The number of carboxylic acid groups (broad SMARTS) is 1. The minimum absolute atomic E-state index is 0.651. The smallest absolute Gasteiger partial charge is 0.332 e. The van der Waals surface area contributed by atoms with Gasteiger partial charge in [0.1, 0.15) is 61.0 Å². The van der Waals surface area contributed by atoms with Gasteiger partial charge in [0.15, 0.2) is 18.9 Å². The Morgan fingerprint density at radius 3 is 1.50 bits per heavy atom. The van der Waals surface area contributed by atoms with Crippen LogP contribution in [0.25, 0.3) is 0 Å². The first-order valence-corrected chi connectivity index (χ1v) is 12.4. The summed E-state index contributed by atoms with van der Waals surface area (Å²) in [4.78, 5) is 9.45. The molecule has 3 heterocycles. The fourth-order valence-corrected chi connectivity index (χ4v) is 4.18. The fraction of sp³-hybridized carbons (Fsp3) is 0.952. The summed E-state index contributed by atoms with van der Waals surface area (Å²) in [5.74, 6) is -1.19. The van der Waals surface area contributed by atoms with E-state index in [4.69, 9.17) is 51.1 Å². The molecule has 0 amide bonds. The predicted octanol–water partition coefficient (Wildman–Crippen LogP) is -8.22. The lowest BCUT2D eigenvalue weighted by atomic mass is 9.94. The summed E-state index contributed by atoms with van der Waals surface area (Å²) < 4.78 is 27.4. The number of ether oxygens (including phenoxy) is 5. The second kappa shape index (κ2) is 15.3. The van der Waals surface area contributed by atoms with E-state index in [1.54, 1.807) is 0 Å². The number of aliphatic carboxylic acids is 1. The average Bonchev–Trinajstić information content (AvgIpc) is 2.92. The summed E-state index contributed by atoms with van der Waals surface area (Å²) >= 11 is 0. The fourth-order valence-electron chi connectivity index (χ4n) is 4.18. The van der Waals surface area contributed by atoms with Crippen molar-refractivity contribution < 1.29 is 79.5 Å². The van der Waals surface area contributed by atoms with Gasteiger partial charge in [-0.1, -0.05) is 0 Å². The molecule has 16 N–H and O–H groups in total. The van der Waals surface area contributed by atoms with Gasteiger partial charge in [0.05, 0.1) is 37.9 Å². The van der Waals surface area contributed by atoms with E-state index < -0.39 is 124 Å². The second-order valence-corrected chi connectivity index (χ2v) is 9.61. The Morgan fingerprint density at radius 1 is 0.700 bits per heavy atom. The normalized spacial score (nSPS) is 46.7. The average molecular weight is 592 g/mol. The van der Waals surface area contributed by atoms with Crippen LogP contribution in [0.4, 0.5) is 0 Å². The zero-order valence-corrected chi connectivity index (χ0v) is 21.5. The van der Waals surface area contributed by atoms with Gasteiger partial charge in [-0.05, 0) is 6.92 Å². The molecule has 1 unspecified atom stereocenters. The van der Waals surface area contributed by atoms with Crippen molar-refractivity contribution in [1.29, 1.82) is 0 Å².